The second-order valence-corrected chi connectivity index (χ2v) is 8.10. The molecule has 29 heavy (non-hydrogen) atoms. The summed E-state index contributed by atoms with van der Waals surface area (Å²) in [5, 5.41) is 13.4. The Bertz CT molecular complexity index is 948. The maximum absolute atomic E-state index is 13.5. The van der Waals surface area contributed by atoms with Gasteiger partial charge >= 0.3 is 0 Å². The number of hydrogen-bond donors (Lipinski definition) is 1. The van der Waals surface area contributed by atoms with Crippen LogP contribution >= 0.6 is 23.2 Å². The Kier molecular flexibility index (Phi) is 6.69. The Morgan fingerprint density at radius 2 is 1.93 bits per heavy atom. The molecular weight excluding hydrogens is 411 g/mol. The molecule has 7 heteroatoms. The largest absolute Gasteiger partial charge is 0.491 e. The van der Waals surface area contributed by atoms with E-state index < -0.39 is 5.41 Å². The first-order chi connectivity index (χ1) is 13.9. The molecule has 1 N–H and O–H groups in total. The summed E-state index contributed by atoms with van der Waals surface area (Å²) in [5.41, 5.74) is 0.618. The predicted molar refractivity (Wildman–Crippen MR) is 114 cm³/mol. The monoisotopic (exact) mass is 432 g/mol. The summed E-state index contributed by atoms with van der Waals surface area (Å²) >= 11 is 12.5. The highest BCUT2D eigenvalue weighted by Crippen LogP contribution is 2.41. The van der Waals surface area contributed by atoms with Crippen LogP contribution < -0.4 is 10.1 Å². The maximum Gasteiger partial charge on any atom is 0.235 e. The first-order valence-electron chi connectivity index (χ1n) is 9.41. The summed E-state index contributed by atoms with van der Waals surface area (Å²) in [7, 11) is 0. The zero-order valence-corrected chi connectivity index (χ0v) is 17.8. The van der Waals surface area contributed by atoms with Crippen LogP contribution in [0.5, 0.6) is 5.75 Å². The van der Waals surface area contributed by atoms with Crippen molar-refractivity contribution in [2.45, 2.75) is 38.2 Å². The van der Waals surface area contributed by atoms with Crippen molar-refractivity contribution in [1.29, 1.82) is 5.26 Å². The summed E-state index contributed by atoms with van der Waals surface area (Å²) in [6.07, 6.45) is 0.951. The average Bonchev–Trinajstić information content (AvgIpc) is 2.69. The second-order valence-electron chi connectivity index (χ2n) is 7.26. The van der Waals surface area contributed by atoms with Gasteiger partial charge in [-0.25, -0.2) is 0 Å². The van der Waals surface area contributed by atoms with E-state index in [1.165, 1.54) is 0 Å². The molecule has 2 aromatic rings. The van der Waals surface area contributed by atoms with Crippen LogP contribution in [0.15, 0.2) is 36.4 Å². The number of hydrogen-bond acceptors (Lipinski definition) is 4. The van der Waals surface area contributed by atoms with Crippen LogP contribution in [0.4, 0.5) is 5.69 Å². The molecule has 2 aromatic carbocycles. The Hall–Kier alpha value is -2.26. The van der Waals surface area contributed by atoms with Crippen molar-refractivity contribution in [3.63, 3.8) is 0 Å². The number of rotatable bonds is 5. The van der Waals surface area contributed by atoms with E-state index in [0.29, 0.717) is 58.7 Å². The van der Waals surface area contributed by atoms with Crippen molar-refractivity contribution in [2.24, 2.45) is 0 Å². The zero-order valence-electron chi connectivity index (χ0n) is 16.3. The van der Waals surface area contributed by atoms with Crippen LogP contribution in [0.3, 0.4) is 0 Å². The quantitative estimate of drug-likeness (QED) is 0.691. The molecule has 0 saturated carbocycles. The third-order valence-corrected chi connectivity index (χ3v) is 5.51. The number of carbonyl (C=O) groups is 1. The molecule has 0 aromatic heterocycles. The number of ether oxygens (including phenoxy) is 2. The van der Waals surface area contributed by atoms with Gasteiger partial charge in [0, 0.05) is 29.3 Å². The molecule has 1 amide bonds. The van der Waals surface area contributed by atoms with Gasteiger partial charge in [0.15, 0.2) is 0 Å². The van der Waals surface area contributed by atoms with E-state index in [2.05, 4.69) is 11.4 Å². The van der Waals surface area contributed by atoms with Gasteiger partial charge < -0.3 is 14.8 Å². The normalized spacial score (nSPS) is 15.6. The van der Waals surface area contributed by atoms with Gasteiger partial charge in [0.05, 0.1) is 22.8 Å². The van der Waals surface area contributed by atoms with Crippen LogP contribution in [0.25, 0.3) is 0 Å². The van der Waals surface area contributed by atoms with Crippen molar-refractivity contribution in [1.82, 2.24) is 0 Å². The molecule has 0 bridgehead atoms. The Balaban J connectivity index is 1.95. The minimum Gasteiger partial charge on any atom is -0.491 e. The Labute approximate surface area is 180 Å². The number of carbonyl (C=O) groups excluding carboxylic acids is 1. The van der Waals surface area contributed by atoms with Crippen molar-refractivity contribution in [3.8, 4) is 11.8 Å². The molecule has 1 fully saturated rings. The molecule has 0 atom stereocenters. The Morgan fingerprint density at radius 1 is 1.21 bits per heavy atom. The minimum atomic E-state index is -0.861. The molecule has 152 valence electrons. The van der Waals surface area contributed by atoms with Gasteiger partial charge in [-0.1, -0.05) is 29.3 Å². The molecule has 0 unspecified atom stereocenters. The zero-order chi connectivity index (χ0) is 21.0. The lowest BCUT2D eigenvalue weighted by atomic mass is 9.73. The lowest BCUT2D eigenvalue weighted by molar-refractivity contribution is -0.125. The molecule has 1 heterocycles. The van der Waals surface area contributed by atoms with E-state index in [4.69, 9.17) is 32.7 Å². The fourth-order valence-corrected chi connectivity index (χ4v) is 4.12. The number of benzene rings is 2. The minimum absolute atomic E-state index is 0.0143. The first kappa shape index (κ1) is 21.4. The van der Waals surface area contributed by atoms with Crippen molar-refractivity contribution < 1.29 is 14.3 Å². The maximum atomic E-state index is 13.5. The fraction of sp³-hybridized carbons (Fsp3) is 0.364. The van der Waals surface area contributed by atoms with E-state index in [-0.39, 0.29) is 12.0 Å². The van der Waals surface area contributed by atoms with Crippen LogP contribution in [-0.4, -0.2) is 25.2 Å². The number of anilines is 1. The molecular formula is C22H22Cl2N2O3. The summed E-state index contributed by atoms with van der Waals surface area (Å²) in [6, 6.07) is 12.3. The van der Waals surface area contributed by atoms with Gasteiger partial charge in [-0.15, -0.1) is 0 Å². The molecule has 1 aliphatic rings. The van der Waals surface area contributed by atoms with E-state index in [0.717, 1.165) is 0 Å². The van der Waals surface area contributed by atoms with E-state index >= 15 is 0 Å². The van der Waals surface area contributed by atoms with Crippen LogP contribution in [0.2, 0.25) is 10.0 Å². The molecule has 5 nitrogen and oxygen atoms in total. The van der Waals surface area contributed by atoms with Crippen LogP contribution in [0.1, 0.15) is 37.8 Å². The van der Waals surface area contributed by atoms with Gasteiger partial charge in [-0.2, -0.15) is 5.26 Å². The third-order valence-electron chi connectivity index (χ3n) is 4.96. The van der Waals surface area contributed by atoms with Crippen LogP contribution in [0, 0.1) is 11.3 Å². The van der Waals surface area contributed by atoms with E-state index in [1.54, 1.807) is 36.4 Å². The molecule has 1 aliphatic heterocycles. The number of nitriles is 1. The summed E-state index contributed by atoms with van der Waals surface area (Å²) in [4.78, 5) is 13.5. The van der Waals surface area contributed by atoms with Gasteiger partial charge in [0.25, 0.3) is 0 Å². The second kappa shape index (κ2) is 9.04. The van der Waals surface area contributed by atoms with Crippen molar-refractivity contribution in [2.75, 3.05) is 18.5 Å². The summed E-state index contributed by atoms with van der Waals surface area (Å²) in [6.45, 7) is 4.70. The number of nitrogens with one attached hydrogen (secondary N) is 1. The topological polar surface area (TPSA) is 71.3 Å². The molecule has 0 radical (unpaired) electrons. The van der Waals surface area contributed by atoms with Gasteiger partial charge in [0.2, 0.25) is 5.91 Å². The Morgan fingerprint density at radius 3 is 2.55 bits per heavy atom. The predicted octanol–water partition coefficient (Wildman–Crippen LogP) is 5.34. The van der Waals surface area contributed by atoms with Crippen LogP contribution in [-0.2, 0) is 14.9 Å². The number of amides is 1. The van der Waals surface area contributed by atoms with Gasteiger partial charge in [-0.05, 0) is 56.5 Å². The standard InChI is InChI=1S/C22H22Cl2N2O3/c1-14(2)29-17-4-6-20(15(11-17)13-25)26-21(27)22(7-9-28-10-8-22)18-5-3-16(23)12-19(18)24/h3-6,11-12,14H,7-10H2,1-2H3,(H,26,27). The highest BCUT2D eigenvalue weighted by molar-refractivity contribution is 6.35. The van der Waals surface area contributed by atoms with Gasteiger partial charge in [0.1, 0.15) is 11.8 Å². The van der Waals surface area contributed by atoms with E-state index in [1.807, 2.05) is 13.8 Å². The van der Waals surface area contributed by atoms with Gasteiger partial charge in [-0.3, -0.25) is 4.79 Å². The SMILES string of the molecule is CC(C)Oc1ccc(NC(=O)C2(c3ccc(Cl)cc3Cl)CCOCC2)c(C#N)c1. The van der Waals surface area contributed by atoms with Crippen molar-refractivity contribution >= 4 is 34.8 Å². The summed E-state index contributed by atoms with van der Waals surface area (Å²) in [5.74, 6) is 0.357. The molecule has 0 aliphatic carbocycles. The fourth-order valence-electron chi connectivity index (χ4n) is 3.53. The lowest BCUT2D eigenvalue weighted by Crippen LogP contribution is -2.45. The first-order valence-corrected chi connectivity index (χ1v) is 10.2. The lowest BCUT2D eigenvalue weighted by Gasteiger charge is -2.37. The smallest absolute Gasteiger partial charge is 0.235 e. The van der Waals surface area contributed by atoms with E-state index in [9.17, 15) is 10.1 Å². The highest BCUT2D eigenvalue weighted by Gasteiger charge is 2.43. The molecule has 1 saturated heterocycles. The third kappa shape index (κ3) is 4.67. The number of nitrogens with zero attached hydrogens (tertiary/aromatic N) is 1. The molecule has 0 spiro atoms. The highest BCUT2D eigenvalue weighted by atomic mass is 35.5. The molecule has 3 rings (SSSR count). The summed E-state index contributed by atoms with van der Waals surface area (Å²) < 4.78 is 11.1. The number of halogens is 2. The average molecular weight is 433 g/mol. The van der Waals surface area contributed by atoms with Crippen molar-refractivity contribution in [3.05, 3.63) is 57.6 Å².